The number of hydrogen-bond donors (Lipinski definition) is 1. The summed E-state index contributed by atoms with van der Waals surface area (Å²) in [6.07, 6.45) is 0.632. The Balaban J connectivity index is 1.54. The van der Waals surface area contributed by atoms with Crippen LogP contribution in [0.15, 0.2) is 53.1 Å². The van der Waals surface area contributed by atoms with Gasteiger partial charge < -0.3 is 19.1 Å². The van der Waals surface area contributed by atoms with Crippen LogP contribution in [0.1, 0.15) is 22.8 Å². The number of aliphatic hydroxyl groups is 1. The lowest BCUT2D eigenvalue weighted by molar-refractivity contribution is 0.201. The van der Waals surface area contributed by atoms with Crippen LogP contribution in [-0.4, -0.2) is 28.5 Å². The first-order chi connectivity index (χ1) is 12.2. The zero-order valence-corrected chi connectivity index (χ0v) is 14.0. The first-order valence-electron chi connectivity index (χ1n) is 8.07. The SMILES string of the molecule is Cc1ccccc1Cc1noc(COc2ccc(OCCO)cc2)n1. The minimum absolute atomic E-state index is 0.0136. The highest BCUT2D eigenvalue weighted by atomic mass is 16.5. The summed E-state index contributed by atoms with van der Waals surface area (Å²) >= 11 is 0. The van der Waals surface area contributed by atoms with Gasteiger partial charge in [0.25, 0.3) is 5.89 Å². The standard InChI is InChI=1S/C19H20N2O4/c1-14-4-2-3-5-15(14)12-18-20-19(25-21-18)13-24-17-8-6-16(7-9-17)23-11-10-22/h2-9,22H,10-13H2,1H3. The predicted molar refractivity (Wildman–Crippen MR) is 91.6 cm³/mol. The molecule has 1 aromatic heterocycles. The Morgan fingerprint density at radius 3 is 2.44 bits per heavy atom. The van der Waals surface area contributed by atoms with Gasteiger partial charge in [0.2, 0.25) is 0 Å². The van der Waals surface area contributed by atoms with E-state index in [0.717, 1.165) is 0 Å². The highest BCUT2D eigenvalue weighted by Crippen LogP contribution is 2.18. The molecule has 0 aliphatic heterocycles. The molecule has 0 aliphatic carbocycles. The van der Waals surface area contributed by atoms with Crippen molar-refractivity contribution < 1.29 is 19.1 Å². The van der Waals surface area contributed by atoms with Gasteiger partial charge in [-0.05, 0) is 42.3 Å². The Morgan fingerprint density at radius 2 is 1.72 bits per heavy atom. The van der Waals surface area contributed by atoms with E-state index in [2.05, 4.69) is 29.2 Å². The minimum Gasteiger partial charge on any atom is -0.491 e. The molecule has 0 radical (unpaired) electrons. The maximum absolute atomic E-state index is 8.73. The molecule has 0 saturated heterocycles. The molecule has 25 heavy (non-hydrogen) atoms. The molecule has 0 unspecified atom stereocenters. The molecule has 0 aliphatic rings. The van der Waals surface area contributed by atoms with Crippen molar-refractivity contribution in [2.75, 3.05) is 13.2 Å². The Kier molecular flexibility index (Phi) is 5.64. The molecular formula is C19H20N2O4. The summed E-state index contributed by atoms with van der Waals surface area (Å²) in [5, 5.41) is 12.7. The molecule has 130 valence electrons. The van der Waals surface area contributed by atoms with Crippen molar-refractivity contribution in [2.45, 2.75) is 20.0 Å². The fraction of sp³-hybridized carbons (Fsp3) is 0.263. The number of aryl methyl sites for hydroxylation is 1. The third-order valence-electron chi connectivity index (χ3n) is 3.67. The Hall–Kier alpha value is -2.86. The smallest absolute Gasteiger partial charge is 0.264 e. The molecule has 3 rings (SSSR count). The number of aliphatic hydroxyl groups excluding tert-OH is 1. The maximum Gasteiger partial charge on any atom is 0.264 e. The number of nitrogens with zero attached hydrogens (tertiary/aromatic N) is 2. The largest absolute Gasteiger partial charge is 0.491 e. The molecule has 1 N–H and O–H groups in total. The molecule has 0 bridgehead atoms. The van der Waals surface area contributed by atoms with Crippen molar-refractivity contribution in [3.63, 3.8) is 0 Å². The molecule has 6 nitrogen and oxygen atoms in total. The van der Waals surface area contributed by atoms with E-state index >= 15 is 0 Å². The Morgan fingerprint density at radius 1 is 1.00 bits per heavy atom. The van der Waals surface area contributed by atoms with E-state index < -0.39 is 0 Å². The van der Waals surface area contributed by atoms with Crippen LogP contribution in [0.2, 0.25) is 0 Å². The third kappa shape index (κ3) is 4.81. The quantitative estimate of drug-likeness (QED) is 0.679. The lowest BCUT2D eigenvalue weighted by atomic mass is 10.1. The van der Waals surface area contributed by atoms with E-state index in [4.69, 9.17) is 19.1 Å². The van der Waals surface area contributed by atoms with Crippen LogP contribution in [0.4, 0.5) is 0 Å². The van der Waals surface area contributed by atoms with Crippen molar-refractivity contribution in [1.29, 1.82) is 0 Å². The normalized spacial score (nSPS) is 10.6. The summed E-state index contributed by atoms with van der Waals surface area (Å²) in [6, 6.07) is 15.3. The third-order valence-corrected chi connectivity index (χ3v) is 3.67. The van der Waals surface area contributed by atoms with Crippen LogP contribution in [0.3, 0.4) is 0 Å². The highest BCUT2D eigenvalue weighted by molar-refractivity contribution is 5.31. The van der Waals surface area contributed by atoms with Gasteiger partial charge in [-0.2, -0.15) is 4.98 Å². The lowest BCUT2D eigenvalue weighted by Crippen LogP contribution is -2.01. The molecule has 0 spiro atoms. The van der Waals surface area contributed by atoms with E-state index in [9.17, 15) is 0 Å². The van der Waals surface area contributed by atoms with Crippen LogP contribution in [0, 0.1) is 6.92 Å². The van der Waals surface area contributed by atoms with Gasteiger partial charge in [-0.25, -0.2) is 0 Å². The summed E-state index contributed by atoms with van der Waals surface area (Å²) in [4.78, 5) is 4.36. The molecule has 0 fully saturated rings. The monoisotopic (exact) mass is 340 g/mol. The van der Waals surface area contributed by atoms with E-state index in [1.54, 1.807) is 24.3 Å². The zero-order chi connectivity index (χ0) is 17.5. The molecule has 1 heterocycles. The van der Waals surface area contributed by atoms with Crippen LogP contribution in [-0.2, 0) is 13.0 Å². The molecule has 0 amide bonds. The van der Waals surface area contributed by atoms with Crippen LogP contribution in [0.25, 0.3) is 0 Å². The summed E-state index contributed by atoms with van der Waals surface area (Å²) in [5.74, 6) is 2.43. The predicted octanol–water partition coefficient (Wildman–Crippen LogP) is 2.92. The van der Waals surface area contributed by atoms with Crippen molar-refractivity contribution in [2.24, 2.45) is 0 Å². The average Bonchev–Trinajstić information content (AvgIpc) is 3.08. The molecule has 2 aromatic carbocycles. The second kappa shape index (κ2) is 8.30. The molecular weight excluding hydrogens is 320 g/mol. The fourth-order valence-electron chi connectivity index (χ4n) is 2.34. The van der Waals surface area contributed by atoms with Gasteiger partial charge in [-0.15, -0.1) is 0 Å². The van der Waals surface area contributed by atoms with Crippen LogP contribution in [0.5, 0.6) is 11.5 Å². The first-order valence-corrected chi connectivity index (χ1v) is 8.07. The summed E-state index contributed by atoms with van der Waals surface area (Å²) < 4.78 is 16.2. The topological polar surface area (TPSA) is 77.6 Å². The molecule has 3 aromatic rings. The van der Waals surface area contributed by atoms with Gasteiger partial charge in [0.05, 0.1) is 6.61 Å². The van der Waals surface area contributed by atoms with E-state index in [1.165, 1.54) is 11.1 Å². The number of aromatic nitrogens is 2. The van der Waals surface area contributed by atoms with E-state index in [0.29, 0.717) is 29.6 Å². The number of hydrogen-bond acceptors (Lipinski definition) is 6. The number of benzene rings is 2. The van der Waals surface area contributed by atoms with E-state index in [-0.39, 0.29) is 19.8 Å². The van der Waals surface area contributed by atoms with Crippen molar-refractivity contribution in [3.8, 4) is 11.5 Å². The van der Waals surface area contributed by atoms with Gasteiger partial charge in [-0.3, -0.25) is 0 Å². The van der Waals surface area contributed by atoms with Gasteiger partial charge >= 0.3 is 0 Å². The maximum atomic E-state index is 8.73. The summed E-state index contributed by atoms with van der Waals surface area (Å²) in [6.45, 7) is 2.52. The summed E-state index contributed by atoms with van der Waals surface area (Å²) in [5.41, 5.74) is 2.38. The van der Waals surface area contributed by atoms with E-state index in [1.807, 2.05) is 12.1 Å². The van der Waals surface area contributed by atoms with Crippen molar-refractivity contribution >= 4 is 0 Å². The second-order valence-corrected chi connectivity index (χ2v) is 5.54. The number of ether oxygens (including phenoxy) is 2. The summed E-state index contributed by atoms with van der Waals surface area (Å²) in [7, 11) is 0. The molecule has 0 saturated carbocycles. The van der Waals surface area contributed by atoms with Gasteiger partial charge in [0.15, 0.2) is 12.4 Å². The van der Waals surface area contributed by atoms with Gasteiger partial charge in [0, 0.05) is 6.42 Å². The molecule has 0 atom stereocenters. The van der Waals surface area contributed by atoms with Gasteiger partial charge in [-0.1, -0.05) is 29.4 Å². The number of rotatable bonds is 8. The average molecular weight is 340 g/mol. The Bertz CT molecular complexity index is 799. The zero-order valence-electron chi connectivity index (χ0n) is 14.0. The molecule has 6 heteroatoms. The van der Waals surface area contributed by atoms with Crippen molar-refractivity contribution in [1.82, 2.24) is 10.1 Å². The highest BCUT2D eigenvalue weighted by Gasteiger charge is 2.09. The Labute approximate surface area is 146 Å². The second-order valence-electron chi connectivity index (χ2n) is 5.54. The lowest BCUT2D eigenvalue weighted by Gasteiger charge is -2.06. The minimum atomic E-state index is -0.0136. The fourth-order valence-corrected chi connectivity index (χ4v) is 2.34. The van der Waals surface area contributed by atoms with Crippen molar-refractivity contribution in [3.05, 3.63) is 71.4 Å². The van der Waals surface area contributed by atoms with Crippen LogP contribution < -0.4 is 9.47 Å². The van der Waals surface area contributed by atoms with Gasteiger partial charge in [0.1, 0.15) is 18.1 Å². The first kappa shape index (κ1) is 17.0. The van der Waals surface area contributed by atoms with Crippen LogP contribution >= 0.6 is 0 Å².